The summed E-state index contributed by atoms with van der Waals surface area (Å²) >= 11 is 1.36. The van der Waals surface area contributed by atoms with E-state index in [2.05, 4.69) is 17.2 Å². The third-order valence-electron chi connectivity index (χ3n) is 4.43. The fourth-order valence-corrected chi connectivity index (χ4v) is 4.11. The first kappa shape index (κ1) is 22.3. The number of amidine groups is 1. The molecule has 0 unspecified atom stereocenters. The lowest BCUT2D eigenvalue weighted by atomic mass is 10.2. The normalized spacial score (nSPS) is 18.4. The summed E-state index contributed by atoms with van der Waals surface area (Å²) in [5, 5.41) is 3.07. The van der Waals surface area contributed by atoms with Gasteiger partial charge in [-0.15, -0.1) is 0 Å². The molecule has 0 radical (unpaired) electrons. The van der Waals surface area contributed by atoms with Crippen LogP contribution in [0.5, 0.6) is 5.75 Å². The first-order valence-electron chi connectivity index (χ1n) is 10.1. The Morgan fingerprint density at radius 2 is 1.96 bits per heavy atom. The smallest absolute Gasteiger partial charge is 0.238 e. The van der Waals surface area contributed by atoms with Crippen molar-refractivity contribution in [2.45, 2.75) is 58.1 Å². The van der Waals surface area contributed by atoms with Gasteiger partial charge in [0.05, 0.1) is 6.61 Å². The number of nitrogens with one attached hydrogen (secondary N) is 1. The third kappa shape index (κ3) is 6.55. The molecule has 1 heterocycles. The monoisotopic (exact) mass is 405 g/mol. The molecule has 6 nitrogen and oxygen atoms in total. The van der Waals surface area contributed by atoms with Crippen molar-refractivity contribution in [1.82, 2.24) is 4.90 Å². The maximum absolute atomic E-state index is 12.6. The van der Waals surface area contributed by atoms with Crippen LogP contribution in [0.2, 0.25) is 0 Å². The zero-order valence-electron chi connectivity index (χ0n) is 17.1. The molecule has 1 N–H and O–H groups in total. The van der Waals surface area contributed by atoms with Crippen LogP contribution in [-0.2, 0) is 9.59 Å². The van der Waals surface area contributed by atoms with Crippen LogP contribution in [-0.4, -0.2) is 46.8 Å². The number of carbonyl (C=O) groups is 2. The average Bonchev–Trinajstić information content (AvgIpc) is 2.69. The Morgan fingerprint density at radius 1 is 1.21 bits per heavy atom. The molecule has 154 valence electrons. The molecule has 28 heavy (non-hydrogen) atoms. The summed E-state index contributed by atoms with van der Waals surface area (Å²) < 4.78 is 5.73. The van der Waals surface area contributed by atoms with Crippen molar-refractivity contribution in [2.75, 3.05) is 25.0 Å². The van der Waals surface area contributed by atoms with Gasteiger partial charge in [-0.3, -0.25) is 19.5 Å². The van der Waals surface area contributed by atoms with E-state index in [9.17, 15) is 9.59 Å². The minimum absolute atomic E-state index is 0.0552. The molecule has 1 saturated heterocycles. The minimum Gasteiger partial charge on any atom is -0.494 e. The minimum atomic E-state index is -0.463. The Kier molecular flexibility index (Phi) is 9.34. The van der Waals surface area contributed by atoms with Crippen molar-refractivity contribution < 1.29 is 14.3 Å². The van der Waals surface area contributed by atoms with E-state index in [1.54, 1.807) is 4.90 Å². The van der Waals surface area contributed by atoms with Gasteiger partial charge in [0.1, 0.15) is 11.0 Å². The predicted molar refractivity (Wildman–Crippen MR) is 116 cm³/mol. The van der Waals surface area contributed by atoms with Crippen molar-refractivity contribution in [3.05, 3.63) is 24.3 Å². The maximum atomic E-state index is 12.6. The van der Waals surface area contributed by atoms with Gasteiger partial charge in [0.2, 0.25) is 11.8 Å². The lowest BCUT2D eigenvalue weighted by Crippen LogP contribution is -2.45. The summed E-state index contributed by atoms with van der Waals surface area (Å²) in [7, 11) is 0. The Labute approximate surface area is 172 Å². The zero-order valence-corrected chi connectivity index (χ0v) is 17.9. The molecule has 0 bridgehead atoms. The summed E-state index contributed by atoms with van der Waals surface area (Å²) in [4.78, 5) is 31.0. The Morgan fingerprint density at radius 3 is 2.61 bits per heavy atom. The molecule has 1 aliphatic rings. The topological polar surface area (TPSA) is 71.0 Å². The van der Waals surface area contributed by atoms with Crippen molar-refractivity contribution in [3.63, 3.8) is 0 Å². The predicted octanol–water partition coefficient (Wildman–Crippen LogP) is 4.31. The highest BCUT2D eigenvalue weighted by molar-refractivity contribution is 8.15. The second kappa shape index (κ2) is 11.7. The molecule has 0 spiro atoms. The number of anilines is 1. The summed E-state index contributed by atoms with van der Waals surface area (Å²) in [6, 6.07) is 7.37. The molecule has 1 aromatic carbocycles. The highest BCUT2D eigenvalue weighted by atomic mass is 32.2. The molecule has 0 aliphatic carbocycles. The van der Waals surface area contributed by atoms with Gasteiger partial charge < -0.3 is 10.1 Å². The molecule has 2 rings (SSSR count). The number of nitrogens with zero attached hydrogens (tertiary/aromatic N) is 2. The molecule has 1 aliphatic heterocycles. The molecule has 0 aromatic heterocycles. The van der Waals surface area contributed by atoms with Crippen LogP contribution in [0.4, 0.5) is 5.69 Å². The first-order valence-corrected chi connectivity index (χ1v) is 11.0. The number of hydrogen-bond donors (Lipinski definition) is 1. The van der Waals surface area contributed by atoms with E-state index in [0.29, 0.717) is 30.6 Å². The van der Waals surface area contributed by atoms with Crippen LogP contribution in [0, 0.1) is 0 Å². The van der Waals surface area contributed by atoms with E-state index in [1.165, 1.54) is 31.0 Å². The number of benzene rings is 1. The molecule has 2 amide bonds. The molecular formula is C21H31N3O3S. The van der Waals surface area contributed by atoms with E-state index in [4.69, 9.17) is 4.74 Å². The van der Waals surface area contributed by atoms with Crippen LogP contribution in [0.3, 0.4) is 0 Å². The number of amides is 2. The van der Waals surface area contributed by atoms with Gasteiger partial charge in [0, 0.05) is 25.2 Å². The standard InChI is InChI=1S/C21H31N3O3S/c1-4-7-8-9-14-27-17-12-10-16(11-13-17)23-20(26)18-15-19(25)24(6-3)21(28-18)22-5-2/h10-13,18H,4-9,14-15H2,1-3H3,(H,23,26)/t18-/m1/s1. The Bertz CT molecular complexity index is 676. The molecule has 1 fully saturated rings. The molecule has 7 heteroatoms. The summed E-state index contributed by atoms with van der Waals surface area (Å²) in [5.41, 5.74) is 0.697. The number of carbonyl (C=O) groups excluding carboxylic acids is 2. The highest BCUT2D eigenvalue weighted by Crippen LogP contribution is 2.28. The third-order valence-corrected chi connectivity index (χ3v) is 5.66. The van der Waals surface area contributed by atoms with Crippen molar-refractivity contribution in [3.8, 4) is 5.75 Å². The van der Waals surface area contributed by atoms with E-state index < -0.39 is 5.25 Å². The average molecular weight is 406 g/mol. The number of rotatable bonds is 10. The maximum Gasteiger partial charge on any atom is 0.238 e. The number of aliphatic imine (C=N–C) groups is 1. The summed E-state index contributed by atoms with van der Waals surface area (Å²) in [6.45, 7) is 7.88. The van der Waals surface area contributed by atoms with Gasteiger partial charge >= 0.3 is 0 Å². The second-order valence-electron chi connectivity index (χ2n) is 6.63. The van der Waals surface area contributed by atoms with Gasteiger partial charge in [-0.1, -0.05) is 37.9 Å². The van der Waals surface area contributed by atoms with Crippen LogP contribution in [0.15, 0.2) is 29.3 Å². The van der Waals surface area contributed by atoms with Crippen LogP contribution in [0.1, 0.15) is 52.9 Å². The molecule has 1 aromatic rings. The van der Waals surface area contributed by atoms with Crippen molar-refractivity contribution in [1.29, 1.82) is 0 Å². The second-order valence-corrected chi connectivity index (χ2v) is 7.80. The van der Waals surface area contributed by atoms with Gasteiger partial charge in [-0.25, -0.2) is 0 Å². The van der Waals surface area contributed by atoms with E-state index in [0.717, 1.165) is 12.2 Å². The summed E-state index contributed by atoms with van der Waals surface area (Å²) in [6.07, 6.45) is 4.86. The van der Waals surface area contributed by atoms with Gasteiger partial charge in [0.15, 0.2) is 5.17 Å². The molecular weight excluding hydrogens is 374 g/mol. The highest BCUT2D eigenvalue weighted by Gasteiger charge is 2.34. The van der Waals surface area contributed by atoms with Gasteiger partial charge in [-0.2, -0.15) is 0 Å². The van der Waals surface area contributed by atoms with Gasteiger partial charge in [0.25, 0.3) is 0 Å². The fraction of sp³-hybridized carbons (Fsp3) is 0.571. The lowest BCUT2D eigenvalue weighted by molar-refractivity contribution is -0.129. The van der Waals surface area contributed by atoms with E-state index in [-0.39, 0.29) is 18.2 Å². The van der Waals surface area contributed by atoms with Crippen molar-refractivity contribution >= 4 is 34.4 Å². The number of unbranched alkanes of at least 4 members (excludes halogenated alkanes) is 3. The van der Waals surface area contributed by atoms with Crippen LogP contribution >= 0.6 is 11.8 Å². The zero-order chi connectivity index (χ0) is 20.4. The SMILES string of the molecule is CCCCCCOc1ccc(NC(=O)[C@H]2CC(=O)N(CC)C(=NCC)S2)cc1. The van der Waals surface area contributed by atoms with E-state index in [1.807, 2.05) is 38.1 Å². The first-order chi connectivity index (χ1) is 13.6. The van der Waals surface area contributed by atoms with Crippen LogP contribution < -0.4 is 10.1 Å². The number of hydrogen-bond acceptors (Lipinski definition) is 5. The van der Waals surface area contributed by atoms with Crippen LogP contribution in [0.25, 0.3) is 0 Å². The Hall–Kier alpha value is -2.02. The molecule has 1 atom stereocenters. The van der Waals surface area contributed by atoms with E-state index >= 15 is 0 Å². The van der Waals surface area contributed by atoms with Crippen molar-refractivity contribution in [2.24, 2.45) is 4.99 Å². The number of thioether (sulfide) groups is 1. The summed E-state index contributed by atoms with van der Waals surface area (Å²) in [5.74, 6) is 0.569. The lowest BCUT2D eigenvalue weighted by Gasteiger charge is -2.30. The largest absolute Gasteiger partial charge is 0.494 e. The Balaban J connectivity index is 1.88. The number of ether oxygens (including phenoxy) is 1. The fourth-order valence-electron chi connectivity index (χ4n) is 2.90. The quantitative estimate of drug-likeness (QED) is 0.589. The molecule has 0 saturated carbocycles. The van der Waals surface area contributed by atoms with Gasteiger partial charge in [-0.05, 0) is 44.5 Å².